The van der Waals surface area contributed by atoms with E-state index in [1.54, 1.807) is 0 Å². The van der Waals surface area contributed by atoms with Crippen molar-refractivity contribution in [2.45, 2.75) is 38.8 Å². The molecule has 3 rings (SSSR count). The van der Waals surface area contributed by atoms with Crippen LogP contribution in [0.2, 0.25) is 0 Å². The van der Waals surface area contributed by atoms with Gasteiger partial charge in [0.2, 0.25) is 0 Å². The Morgan fingerprint density at radius 3 is 2.82 bits per heavy atom. The van der Waals surface area contributed by atoms with Crippen molar-refractivity contribution in [3.05, 3.63) is 35.4 Å². The van der Waals surface area contributed by atoms with Crippen LogP contribution in [0.3, 0.4) is 0 Å². The van der Waals surface area contributed by atoms with Gasteiger partial charge in [-0.2, -0.15) is 0 Å². The Bertz CT molecular complexity index is 452. The van der Waals surface area contributed by atoms with E-state index in [4.69, 9.17) is 0 Å². The second-order valence-electron chi connectivity index (χ2n) is 5.68. The highest BCUT2D eigenvalue weighted by atomic mass is 16.1. The predicted octanol–water partition coefficient (Wildman–Crippen LogP) is 2.58. The highest BCUT2D eigenvalue weighted by Crippen LogP contribution is 2.37. The van der Waals surface area contributed by atoms with Crippen LogP contribution in [0.1, 0.15) is 37.3 Å². The lowest BCUT2D eigenvalue weighted by molar-refractivity contribution is -0.130. The summed E-state index contributed by atoms with van der Waals surface area (Å²) in [6.45, 7) is 6.32. The Hall–Kier alpha value is -1.15. The van der Waals surface area contributed by atoms with E-state index in [2.05, 4.69) is 43.0 Å². The zero-order chi connectivity index (χ0) is 12.0. The van der Waals surface area contributed by atoms with Crippen molar-refractivity contribution in [2.75, 3.05) is 6.54 Å². The molecule has 1 unspecified atom stereocenters. The molecule has 2 nitrogen and oxygen atoms in total. The second kappa shape index (κ2) is 3.95. The minimum Gasteiger partial charge on any atom is -0.298 e. The van der Waals surface area contributed by atoms with Gasteiger partial charge in [-0.05, 0) is 17.0 Å². The van der Waals surface area contributed by atoms with Gasteiger partial charge in [0.05, 0.1) is 6.04 Å². The van der Waals surface area contributed by atoms with Gasteiger partial charge in [-0.15, -0.1) is 0 Å². The average Bonchev–Trinajstić information content (AvgIpc) is 2.28. The van der Waals surface area contributed by atoms with Gasteiger partial charge in [0.1, 0.15) is 0 Å². The summed E-state index contributed by atoms with van der Waals surface area (Å²) < 4.78 is 0. The first-order chi connectivity index (χ1) is 8.16. The van der Waals surface area contributed by atoms with Gasteiger partial charge in [-0.25, -0.2) is 0 Å². The Balaban J connectivity index is 1.99. The molecule has 0 N–H and O–H groups in total. The van der Waals surface area contributed by atoms with Crippen molar-refractivity contribution >= 4 is 5.78 Å². The van der Waals surface area contributed by atoms with Gasteiger partial charge >= 0.3 is 0 Å². The molecule has 0 saturated carbocycles. The van der Waals surface area contributed by atoms with Crippen molar-refractivity contribution in [3.8, 4) is 0 Å². The third-order valence-corrected chi connectivity index (χ3v) is 4.13. The monoisotopic (exact) mass is 229 g/mol. The van der Waals surface area contributed by atoms with Crippen LogP contribution < -0.4 is 0 Å². The summed E-state index contributed by atoms with van der Waals surface area (Å²) in [6.07, 6.45) is 0.733. The summed E-state index contributed by atoms with van der Waals surface area (Å²) in [5.41, 5.74) is 2.82. The fraction of sp³-hybridized carbons (Fsp3) is 0.533. The van der Waals surface area contributed by atoms with Crippen LogP contribution in [-0.2, 0) is 11.3 Å². The lowest BCUT2D eigenvalue weighted by Gasteiger charge is -2.44. The Morgan fingerprint density at radius 2 is 2.06 bits per heavy atom. The summed E-state index contributed by atoms with van der Waals surface area (Å²) in [6, 6.07) is 8.74. The van der Waals surface area contributed by atoms with E-state index >= 15 is 0 Å². The first-order valence-corrected chi connectivity index (χ1v) is 6.51. The normalized spacial score (nSPS) is 31.5. The van der Waals surface area contributed by atoms with Crippen LogP contribution in [0.25, 0.3) is 0 Å². The van der Waals surface area contributed by atoms with Gasteiger partial charge in [0, 0.05) is 25.4 Å². The zero-order valence-corrected chi connectivity index (χ0v) is 10.5. The van der Waals surface area contributed by atoms with Crippen LogP contribution in [-0.4, -0.2) is 23.3 Å². The smallest absolute Gasteiger partial charge is 0.150 e. The molecule has 17 heavy (non-hydrogen) atoms. The topological polar surface area (TPSA) is 20.3 Å². The average molecular weight is 229 g/mol. The standard InChI is InChI=1S/C15H19NO/c1-10(2)15-14(17)7-12-9-16(15)8-11-5-3-4-6-13(11)12/h3-6,10,12,15H,7-9H2,1-2H3/t12-,15-/m0/s1. The summed E-state index contributed by atoms with van der Waals surface area (Å²) in [4.78, 5) is 14.6. The Labute approximate surface area is 103 Å². The number of nitrogens with zero attached hydrogens (tertiary/aromatic N) is 1. The highest BCUT2D eigenvalue weighted by Gasteiger charge is 2.40. The van der Waals surface area contributed by atoms with E-state index in [1.807, 2.05) is 0 Å². The molecule has 1 aromatic carbocycles. The molecule has 1 aromatic rings. The molecule has 0 aromatic heterocycles. The number of benzene rings is 1. The third kappa shape index (κ3) is 1.71. The van der Waals surface area contributed by atoms with Crippen molar-refractivity contribution in [3.63, 3.8) is 0 Å². The molecule has 90 valence electrons. The third-order valence-electron chi connectivity index (χ3n) is 4.13. The van der Waals surface area contributed by atoms with Crippen molar-refractivity contribution in [2.24, 2.45) is 5.92 Å². The Morgan fingerprint density at radius 1 is 1.29 bits per heavy atom. The molecule has 0 radical (unpaired) electrons. The second-order valence-corrected chi connectivity index (χ2v) is 5.68. The van der Waals surface area contributed by atoms with E-state index < -0.39 is 0 Å². The molecule has 2 heteroatoms. The van der Waals surface area contributed by atoms with Crippen LogP contribution in [0.15, 0.2) is 24.3 Å². The van der Waals surface area contributed by atoms with E-state index in [0.717, 1.165) is 19.5 Å². The van der Waals surface area contributed by atoms with Crippen molar-refractivity contribution in [1.29, 1.82) is 0 Å². The number of fused-ring (bicyclic) bond motifs is 4. The molecule has 2 bridgehead atoms. The van der Waals surface area contributed by atoms with Crippen molar-refractivity contribution in [1.82, 2.24) is 4.90 Å². The maximum absolute atomic E-state index is 12.2. The van der Waals surface area contributed by atoms with Crippen LogP contribution in [0.5, 0.6) is 0 Å². The summed E-state index contributed by atoms with van der Waals surface area (Å²) in [5, 5.41) is 0. The van der Waals surface area contributed by atoms with Gasteiger partial charge in [-0.3, -0.25) is 9.69 Å². The number of ketones is 1. The number of carbonyl (C=O) groups is 1. The maximum Gasteiger partial charge on any atom is 0.150 e. The summed E-state index contributed by atoms with van der Waals surface area (Å²) in [7, 11) is 0. The molecular weight excluding hydrogens is 210 g/mol. The lowest BCUT2D eigenvalue weighted by Crippen LogP contribution is -2.52. The van der Waals surface area contributed by atoms with Gasteiger partial charge in [0.25, 0.3) is 0 Å². The number of carbonyl (C=O) groups excluding carboxylic acids is 1. The fourth-order valence-corrected chi connectivity index (χ4v) is 3.49. The minimum atomic E-state index is 0.139. The molecule has 0 spiro atoms. The number of Topliss-reactive ketones (excluding diaryl/α,β-unsaturated/α-hetero) is 1. The minimum absolute atomic E-state index is 0.139. The van der Waals surface area contributed by atoms with Crippen LogP contribution in [0.4, 0.5) is 0 Å². The maximum atomic E-state index is 12.2. The largest absolute Gasteiger partial charge is 0.298 e. The molecule has 1 saturated heterocycles. The van der Waals surface area contributed by atoms with Crippen LogP contribution >= 0.6 is 0 Å². The summed E-state index contributed by atoms with van der Waals surface area (Å²) >= 11 is 0. The van der Waals surface area contributed by atoms with Gasteiger partial charge < -0.3 is 0 Å². The number of rotatable bonds is 1. The lowest BCUT2D eigenvalue weighted by atomic mass is 9.78. The zero-order valence-electron chi connectivity index (χ0n) is 10.5. The fourth-order valence-electron chi connectivity index (χ4n) is 3.49. The molecule has 2 aliphatic rings. The SMILES string of the molecule is CC(C)[C@H]1C(=O)C[C@H]2CN1Cc1ccccc12. The Kier molecular flexibility index (Phi) is 2.55. The first kappa shape index (κ1) is 11.0. The molecule has 3 atom stereocenters. The predicted molar refractivity (Wildman–Crippen MR) is 67.8 cm³/mol. The molecular formula is C15H19NO. The van der Waals surface area contributed by atoms with Crippen molar-refractivity contribution < 1.29 is 4.79 Å². The number of hydrogen-bond acceptors (Lipinski definition) is 2. The molecule has 1 fully saturated rings. The van der Waals surface area contributed by atoms with E-state index in [9.17, 15) is 4.79 Å². The quantitative estimate of drug-likeness (QED) is 0.737. The first-order valence-electron chi connectivity index (χ1n) is 6.51. The highest BCUT2D eigenvalue weighted by molar-refractivity contribution is 5.86. The number of piperidine rings is 1. The van der Waals surface area contributed by atoms with E-state index in [0.29, 0.717) is 17.6 Å². The molecule has 2 aliphatic heterocycles. The van der Waals surface area contributed by atoms with Gasteiger partial charge in [0.15, 0.2) is 5.78 Å². The van der Waals surface area contributed by atoms with E-state index in [1.165, 1.54) is 11.1 Å². The number of hydrogen-bond donors (Lipinski definition) is 0. The van der Waals surface area contributed by atoms with E-state index in [-0.39, 0.29) is 6.04 Å². The summed E-state index contributed by atoms with van der Waals surface area (Å²) in [5.74, 6) is 1.29. The van der Waals surface area contributed by atoms with Gasteiger partial charge in [-0.1, -0.05) is 38.1 Å². The molecule has 0 aliphatic carbocycles. The molecule has 0 amide bonds. The van der Waals surface area contributed by atoms with Crippen LogP contribution in [0, 0.1) is 5.92 Å². The molecule has 2 heterocycles.